The third-order valence-corrected chi connectivity index (χ3v) is 4.10. The van der Waals surface area contributed by atoms with Gasteiger partial charge in [0.1, 0.15) is 12.4 Å². The molecule has 0 bridgehead atoms. The molecule has 25 heavy (non-hydrogen) atoms. The van der Waals surface area contributed by atoms with Crippen LogP contribution in [0.3, 0.4) is 0 Å². The Hall–Kier alpha value is -1.57. The lowest BCUT2D eigenvalue weighted by molar-refractivity contribution is 0.182. The van der Waals surface area contributed by atoms with Gasteiger partial charge in [0.2, 0.25) is 0 Å². The molecule has 132 valence electrons. The molecule has 2 aromatic heterocycles. The molecule has 0 saturated heterocycles. The number of benzene rings is 1. The second kappa shape index (κ2) is 6.63. The van der Waals surface area contributed by atoms with Gasteiger partial charge in [-0.05, 0) is 43.2 Å². The van der Waals surface area contributed by atoms with Gasteiger partial charge >= 0.3 is 0 Å². The van der Waals surface area contributed by atoms with Crippen molar-refractivity contribution in [2.75, 3.05) is 6.61 Å². The van der Waals surface area contributed by atoms with E-state index in [1.807, 2.05) is 30.5 Å². The van der Waals surface area contributed by atoms with E-state index < -0.39 is 10.8 Å². The molecule has 0 spiro atoms. The minimum absolute atomic E-state index is 0.0371. The van der Waals surface area contributed by atoms with E-state index in [1.54, 1.807) is 22.7 Å². The minimum Gasteiger partial charge on any atom is -0.490 e. The van der Waals surface area contributed by atoms with Crippen LogP contribution in [0.15, 0.2) is 48.8 Å². The highest BCUT2D eigenvalue weighted by Gasteiger charge is 2.24. The van der Waals surface area contributed by atoms with E-state index in [0.717, 1.165) is 16.6 Å². The van der Waals surface area contributed by atoms with Crippen LogP contribution in [-0.2, 0) is 5.41 Å². The molecular weight excluding hydrogens is 360 g/mol. The topological polar surface area (TPSA) is 26.5 Å². The Kier molecular flexibility index (Phi) is 4.83. The predicted octanol–water partition coefficient (Wildman–Crippen LogP) is 4.96. The van der Waals surface area contributed by atoms with Crippen molar-refractivity contribution in [1.82, 2.24) is 9.38 Å². The first-order valence-electron chi connectivity index (χ1n) is 7.80. The average molecular weight is 380 g/mol. The van der Waals surface area contributed by atoms with E-state index in [0.29, 0.717) is 11.6 Å². The van der Waals surface area contributed by atoms with E-state index in [2.05, 4.69) is 23.5 Å². The number of hydrogen-bond donors (Lipinski definition) is 0. The van der Waals surface area contributed by atoms with Crippen molar-refractivity contribution in [2.45, 2.75) is 24.7 Å². The summed E-state index contributed by atoms with van der Waals surface area (Å²) in [7, 11) is 4.27. The Morgan fingerprint density at radius 2 is 1.68 bits per heavy atom. The molecule has 0 aliphatic heterocycles. The van der Waals surface area contributed by atoms with E-state index >= 15 is 0 Å². The van der Waals surface area contributed by atoms with Crippen molar-refractivity contribution in [1.29, 1.82) is 0 Å². The van der Waals surface area contributed by atoms with Gasteiger partial charge in [-0.15, -0.1) is 0 Å². The number of nitrogens with zero attached hydrogens (tertiary/aromatic N) is 2. The first kappa shape index (κ1) is 18.2. The second-order valence-electron chi connectivity index (χ2n) is 6.46. The van der Waals surface area contributed by atoms with Gasteiger partial charge in [0.15, 0.2) is 16.6 Å². The lowest BCUT2D eigenvalue weighted by Gasteiger charge is -2.15. The molecule has 2 heterocycles. The number of fused-ring (bicyclic) bond motifs is 1. The highest BCUT2D eigenvalue weighted by molar-refractivity contribution is 7.18. The number of imidazole rings is 1. The largest absolute Gasteiger partial charge is 0.490 e. The van der Waals surface area contributed by atoms with Crippen LogP contribution >= 0.6 is 18.5 Å². The molecule has 3 nitrogen and oxygen atoms in total. The zero-order valence-corrected chi connectivity index (χ0v) is 16.3. The third kappa shape index (κ3) is 4.34. The van der Waals surface area contributed by atoms with Gasteiger partial charge in [0.05, 0.1) is 11.7 Å². The summed E-state index contributed by atoms with van der Waals surface area (Å²) in [4.78, 5) is 4.17. The Morgan fingerprint density at radius 1 is 1.04 bits per heavy atom. The van der Waals surface area contributed by atoms with Crippen LogP contribution in [0.1, 0.15) is 19.7 Å². The van der Waals surface area contributed by atoms with Crippen LogP contribution in [-0.4, -0.2) is 21.4 Å². The molecule has 4 atom stereocenters. The Bertz CT molecular complexity index is 881. The van der Waals surface area contributed by atoms with Crippen molar-refractivity contribution < 1.29 is 13.5 Å². The number of ether oxygens (including phenoxy) is 1. The lowest BCUT2D eigenvalue weighted by atomic mass is 10.1. The highest BCUT2D eigenvalue weighted by atomic mass is 31.0. The third-order valence-electron chi connectivity index (χ3n) is 3.67. The maximum atomic E-state index is 14.3. The van der Waals surface area contributed by atoms with Gasteiger partial charge in [-0.25, -0.2) is 13.8 Å². The van der Waals surface area contributed by atoms with Crippen LogP contribution in [0.5, 0.6) is 5.75 Å². The van der Waals surface area contributed by atoms with E-state index in [9.17, 15) is 8.78 Å². The van der Waals surface area contributed by atoms with E-state index in [4.69, 9.17) is 4.74 Å². The number of pyridine rings is 1. The quantitative estimate of drug-likeness (QED) is 0.585. The summed E-state index contributed by atoms with van der Waals surface area (Å²) >= 11 is 0. The number of halogens is 2. The molecule has 0 aliphatic carbocycles. The second-order valence-corrected chi connectivity index (χ2v) is 8.75. The summed E-state index contributed by atoms with van der Waals surface area (Å²) in [6.07, 6.45) is 3.51. The van der Waals surface area contributed by atoms with Crippen molar-refractivity contribution in [3.05, 3.63) is 54.6 Å². The maximum absolute atomic E-state index is 14.3. The molecule has 0 radical (unpaired) electrons. The standard InChI is InChI=1S/C18H20F2N2OP2/c1-17(19,24)11-23-15-7-4-12(5-8-15)13-3-6-14-9-21-16(18(2,20)25)22(14)10-13/h3-10H,11,24-25H2,1-2H3. The maximum Gasteiger partial charge on any atom is 0.178 e. The fourth-order valence-corrected chi connectivity index (χ4v) is 2.79. The smallest absolute Gasteiger partial charge is 0.178 e. The van der Waals surface area contributed by atoms with Gasteiger partial charge in [-0.3, -0.25) is 0 Å². The Labute approximate surface area is 150 Å². The van der Waals surface area contributed by atoms with Gasteiger partial charge in [-0.2, -0.15) is 0 Å². The molecule has 4 unspecified atom stereocenters. The number of aromatic nitrogens is 2. The van der Waals surface area contributed by atoms with Crippen molar-refractivity contribution >= 4 is 24.0 Å². The first-order chi connectivity index (χ1) is 11.6. The van der Waals surface area contributed by atoms with Crippen LogP contribution in [0.4, 0.5) is 8.78 Å². The summed E-state index contributed by atoms with van der Waals surface area (Å²) in [5.74, 6) is 0.928. The first-order valence-corrected chi connectivity index (χ1v) is 8.95. The molecule has 0 fully saturated rings. The summed E-state index contributed by atoms with van der Waals surface area (Å²) < 4.78 is 34.9. The lowest BCUT2D eigenvalue weighted by Crippen LogP contribution is -2.18. The van der Waals surface area contributed by atoms with Crippen LogP contribution < -0.4 is 4.74 Å². The zero-order valence-electron chi connectivity index (χ0n) is 14.0. The summed E-state index contributed by atoms with van der Waals surface area (Å²) in [6.45, 7) is 2.86. The van der Waals surface area contributed by atoms with Gasteiger partial charge in [0.25, 0.3) is 0 Å². The molecule has 0 amide bonds. The average Bonchev–Trinajstić information content (AvgIpc) is 2.96. The number of rotatable bonds is 5. The molecule has 3 rings (SSSR count). The van der Waals surface area contributed by atoms with Gasteiger partial charge in [-0.1, -0.05) is 36.7 Å². The van der Waals surface area contributed by atoms with Crippen molar-refractivity contribution in [2.24, 2.45) is 0 Å². The van der Waals surface area contributed by atoms with Crippen molar-refractivity contribution in [3.8, 4) is 16.9 Å². The van der Waals surface area contributed by atoms with Crippen LogP contribution in [0.25, 0.3) is 16.6 Å². The Morgan fingerprint density at radius 3 is 2.28 bits per heavy atom. The molecule has 0 aliphatic rings. The summed E-state index contributed by atoms with van der Waals surface area (Å²) in [5.41, 5.74) is 2.70. The molecule has 0 N–H and O–H groups in total. The van der Waals surface area contributed by atoms with Crippen LogP contribution in [0, 0.1) is 0 Å². The number of hydrogen-bond acceptors (Lipinski definition) is 2. The Balaban J connectivity index is 1.89. The van der Waals surface area contributed by atoms with Crippen molar-refractivity contribution in [3.63, 3.8) is 0 Å². The summed E-state index contributed by atoms with van der Waals surface area (Å²) in [5, 5.41) is -3.07. The molecular formula is C18H20F2N2OP2. The zero-order chi connectivity index (χ0) is 18.2. The molecule has 1 aromatic carbocycles. The fraction of sp³-hybridized carbons (Fsp3) is 0.278. The normalized spacial score (nSPS) is 16.4. The molecule has 3 aromatic rings. The number of alkyl halides is 2. The van der Waals surface area contributed by atoms with Gasteiger partial charge < -0.3 is 9.14 Å². The molecule has 7 heteroatoms. The van der Waals surface area contributed by atoms with Crippen LogP contribution in [0.2, 0.25) is 0 Å². The SMILES string of the molecule is CC(F)(P)COc1ccc(-c2ccc3cnc(C(C)(F)P)n3c2)cc1. The minimum atomic E-state index is -1.61. The van der Waals surface area contributed by atoms with E-state index in [1.165, 1.54) is 13.8 Å². The monoisotopic (exact) mass is 380 g/mol. The molecule has 0 saturated carbocycles. The van der Waals surface area contributed by atoms with Gasteiger partial charge in [0, 0.05) is 6.20 Å². The predicted molar refractivity (Wildman–Crippen MR) is 104 cm³/mol. The van der Waals surface area contributed by atoms with E-state index in [-0.39, 0.29) is 6.61 Å². The fourth-order valence-electron chi connectivity index (χ4n) is 2.49. The summed E-state index contributed by atoms with van der Waals surface area (Å²) in [6, 6.07) is 11.2. The highest BCUT2D eigenvalue weighted by Crippen LogP contribution is 2.33.